The van der Waals surface area contributed by atoms with Crippen molar-refractivity contribution in [3.63, 3.8) is 0 Å². The van der Waals surface area contributed by atoms with Gasteiger partial charge < -0.3 is 19.7 Å². The standard InChI is InChI=1S/C30H35Cl2N5O4/c1-7-27(38)35-23-13-19(9-8-12-36(2)3)10-11-20(23)14-21-15-26(34-18-33-21)37(4)28(39)16-22-29(31)24(40-5)17-25(41-6)30(22)32/h7,10-11,13,15,17-18H,1,8-9,12,14,16H2,2-6H3,(H,35,38). The number of hydrogen-bond acceptors (Lipinski definition) is 7. The lowest BCUT2D eigenvalue weighted by atomic mass is 10.0. The zero-order valence-corrected chi connectivity index (χ0v) is 25.5. The van der Waals surface area contributed by atoms with Crippen molar-refractivity contribution >= 4 is 46.5 Å². The van der Waals surface area contributed by atoms with Crippen molar-refractivity contribution in [2.45, 2.75) is 25.7 Å². The fraction of sp³-hybridized carbons (Fsp3) is 0.333. The molecule has 3 aromatic rings. The molecule has 3 rings (SSSR count). The summed E-state index contributed by atoms with van der Waals surface area (Å²) in [5.74, 6) is 0.516. The molecule has 0 spiro atoms. The van der Waals surface area contributed by atoms with Crippen LogP contribution in [0, 0.1) is 0 Å². The van der Waals surface area contributed by atoms with E-state index in [1.807, 2.05) is 26.2 Å². The largest absolute Gasteiger partial charge is 0.495 e. The summed E-state index contributed by atoms with van der Waals surface area (Å²) < 4.78 is 10.6. The zero-order valence-electron chi connectivity index (χ0n) is 24.0. The molecule has 0 aliphatic rings. The van der Waals surface area contributed by atoms with Crippen LogP contribution in [0.15, 0.2) is 49.3 Å². The molecule has 0 saturated heterocycles. The summed E-state index contributed by atoms with van der Waals surface area (Å²) in [6, 6.07) is 9.33. The Morgan fingerprint density at radius 3 is 2.32 bits per heavy atom. The van der Waals surface area contributed by atoms with Crippen LogP contribution in [0.4, 0.5) is 11.5 Å². The van der Waals surface area contributed by atoms with E-state index >= 15 is 0 Å². The minimum Gasteiger partial charge on any atom is -0.495 e. The van der Waals surface area contributed by atoms with E-state index in [1.165, 1.54) is 31.5 Å². The topological polar surface area (TPSA) is 96.9 Å². The molecule has 0 saturated carbocycles. The van der Waals surface area contributed by atoms with Crippen LogP contribution in [0.3, 0.4) is 0 Å². The van der Waals surface area contributed by atoms with Gasteiger partial charge in [-0.25, -0.2) is 9.97 Å². The number of rotatable bonds is 13. The number of halogens is 2. The maximum Gasteiger partial charge on any atom is 0.247 e. The Morgan fingerprint density at radius 1 is 1.02 bits per heavy atom. The van der Waals surface area contributed by atoms with Crippen LogP contribution in [0.5, 0.6) is 11.5 Å². The smallest absolute Gasteiger partial charge is 0.247 e. The number of carbonyl (C=O) groups excluding carboxylic acids is 2. The first-order chi connectivity index (χ1) is 19.6. The van der Waals surface area contributed by atoms with Gasteiger partial charge in [0.15, 0.2) is 0 Å². The Kier molecular flexibility index (Phi) is 11.5. The molecule has 218 valence electrons. The van der Waals surface area contributed by atoms with Crippen molar-refractivity contribution in [2.75, 3.05) is 52.1 Å². The second kappa shape index (κ2) is 14.8. The van der Waals surface area contributed by atoms with Crippen LogP contribution in [-0.2, 0) is 28.9 Å². The van der Waals surface area contributed by atoms with Crippen molar-refractivity contribution in [1.82, 2.24) is 14.9 Å². The van der Waals surface area contributed by atoms with E-state index in [1.54, 1.807) is 19.2 Å². The summed E-state index contributed by atoms with van der Waals surface area (Å²) in [5.41, 5.74) is 3.75. The maximum atomic E-state index is 13.3. The molecule has 9 nitrogen and oxygen atoms in total. The lowest BCUT2D eigenvalue weighted by molar-refractivity contribution is -0.117. The van der Waals surface area contributed by atoms with Crippen molar-refractivity contribution in [3.8, 4) is 11.5 Å². The summed E-state index contributed by atoms with van der Waals surface area (Å²) in [6.07, 6.45) is 4.83. The van der Waals surface area contributed by atoms with Gasteiger partial charge in [0.25, 0.3) is 0 Å². The predicted molar refractivity (Wildman–Crippen MR) is 164 cm³/mol. The minimum absolute atomic E-state index is 0.103. The maximum absolute atomic E-state index is 13.3. The highest BCUT2D eigenvalue weighted by molar-refractivity contribution is 6.38. The normalized spacial score (nSPS) is 10.8. The van der Waals surface area contributed by atoms with Gasteiger partial charge in [-0.05, 0) is 56.8 Å². The molecule has 0 aliphatic heterocycles. The number of aryl methyl sites for hydroxylation is 1. The molecule has 41 heavy (non-hydrogen) atoms. The van der Waals surface area contributed by atoms with Crippen LogP contribution >= 0.6 is 23.2 Å². The monoisotopic (exact) mass is 599 g/mol. The third-order valence-corrected chi connectivity index (χ3v) is 7.31. The average Bonchev–Trinajstić information content (AvgIpc) is 2.96. The number of anilines is 2. The number of nitrogens with one attached hydrogen (secondary N) is 1. The van der Waals surface area contributed by atoms with Gasteiger partial charge in [0.05, 0.1) is 36.4 Å². The first-order valence-corrected chi connectivity index (χ1v) is 13.7. The molecule has 0 unspecified atom stereocenters. The number of nitrogens with zero attached hydrogens (tertiary/aromatic N) is 4. The third-order valence-electron chi connectivity index (χ3n) is 6.48. The molecular weight excluding hydrogens is 565 g/mol. The number of methoxy groups -OCH3 is 2. The van der Waals surface area contributed by atoms with E-state index in [0.717, 1.165) is 30.5 Å². The first kappa shape index (κ1) is 31.9. The number of amides is 2. The predicted octanol–water partition coefficient (Wildman–Crippen LogP) is 5.22. The van der Waals surface area contributed by atoms with Gasteiger partial charge in [0, 0.05) is 36.9 Å². The van der Waals surface area contributed by atoms with Crippen LogP contribution in [0.25, 0.3) is 0 Å². The second-order valence-electron chi connectivity index (χ2n) is 9.65. The molecule has 11 heteroatoms. The summed E-state index contributed by atoms with van der Waals surface area (Å²) in [6.45, 7) is 4.53. The third kappa shape index (κ3) is 8.42. The van der Waals surface area contributed by atoms with Gasteiger partial charge in [0.1, 0.15) is 23.6 Å². The lowest BCUT2D eigenvalue weighted by Gasteiger charge is -2.19. The van der Waals surface area contributed by atoms with Crippen molar-refractivity contribution in [3.05, 3.63) is 81.7 Å². The molecule has 0 fully saturated rings. The summed E-state index contributed by atoms with van der Waals surface area (Å²) in [5, 5.41) is 3.39. The fourth-order valence-electron chi connectivity index (χ4n) is 4.18. The molecule has 1 N–H and O–H groups in total. The van der Waals surface area contributed by atoms with Crippen LogP contribution in [0.2, 0.25) is 10.0 Å². The Labute approximate surface area is 251 Å². The summed E-state index contributed by atoms with van der Waals surface area (Å²) in [4.78, 5) is 37.7. The van der Waals surface area contributed by atoms with E-state index in [0.29, 0.717) is 40.7 Å². The number of likely N-dealkylation sites (N-methyl/N-ethyl adjacent to an activating group) is 1. The lowest BCUT2D eigenvalue weighted by Crippen LogP contribution is -2.29. The van der Waals surface area contributed by atoms with Crippen LogP contribution in [-0.4, -0.2) is 68.6 Å². The molecule has 1 aromatic heterocycles. The molecule has 1 heterocycles. The molecule has 0 aliphatic carbocycles. The molecule has 2 amide bonds. The Morgan fingerprint density at radius 2 is 1.71 bits per heavy atom. The second-order valence-corrected chi connectivity index (χ2v) is 10.4. The highest BCUT2D eigenvalue weighted by atomic mass is 35.5. The number of benzene rings is 2. The number of ether oxygens (including phenoxy) is 2. The average molecular weight is 601 g/mol. The Bertz CT molecular complexity index is 1390. The van der Waals surface area contributed by atoms with E-state index in [2.05, 4.69) is 32.8 Å². The molecular formula is C30H35Cl2N5O4. The van der Waals surface area contributed by atoms with E-state index in [-0.39, 0.29) is 28.3 Å². The Balaban J connectivity index is 1.83. The Hall–Kier alpha value is -3.66. The van der Waals surface area contributed by atoms with Gasteiger partial charge >= 0.3 is 0 Å². The molecule has 0 atom stereocenters. The van der Waals surface area contributed by atoms with E-state index < -0.39 is 0 Å². The van der Waals surface area contributed by atoms with E-state index in [4.69, 9.17) is 32.7 Å². The van der Waals surface area contributed by atoms with Gasteiger partial charge in [-0.2, -0.15) is 0 Å². The van der Waals surface area contributed by atoms with E-state index in [9.17, 15) is 9.59 Å². The highest BCUT2D eigenvalue weighted by Crippen LogP contribution is 2.40. The number of carbonyl (C=O) groups is 2. The fourth-order valence-corrected chi connectivity index (χ4v) is 4.82. The van der Waals surface area contributed by atoms with Crippen molar-refractivity contribution in [1.29, 1.82) is 0 Å². The first-order valence-electron chi connectivity index (χ1n) is 12.9. The highest BCUT2D eigenvalue weighted by Gasteiger charge is 2.22. The van der Waals surface area contributed by atoms with Gasteiger partial charge in [-0.15, -0.1) is 0 Å². The van der Waals surface area contributed by atoms with Crippen molar-refractivity contribution in [2.24, 2.45) is 0 Å². The molecule has 0 radical (unpaired) electrons. The SMILES string of the molecule is C=CC(=O)Nc1cc(CCCN(C)C)ccc1Cc1cc(N(C)C(=O)Cc2c(Cl)c(OC)cc(OC)c2Cl)ncn1. The van der Waals surface area contributed by atoms with Gasteiger partial charge in [-0.1, -0.05) is 41.9 Å². The molecule has 2 aromatic carbocycles. The minimum atomic E-state index is -0.297. The van der Waals surface area contributed by atoms with Crippen LogP contribution < -0.4 is 19.7 Å². The quantitative estimate of drug-likeness (QED) is 0.269. The van der Waals surface area contributed by atoms with Gasteiger partial charge in [0.2, 0.25) is 11.8 Å². The van der Waals surface area contributed by atoms with Crippen molar-refractivity contribution < 1.29 is 19.1 Å². The number of hydrogen-bond donors (Lipinski definition) is 1. The number of aromatic nitrogens is 2. The van der Waals surface area contributed by atoms with Gasteiger partial charge in [-0.3, -0.25) is 14.5 Å². The molecule has 0 bridgehead atoms. The zero-order chi connectivity index (χ0) is 30.1. The van der Waals surface area contributed by atoms with Crippen LogP contribution in [0.1, 0.15) is 28.8 Å². The summed E-state index contributed by atoms with van der Waals surface area (Å²) in [7, 11) is 8.65. The summed E-state index contributed by atoms with van der Waals surface area (Å²) >= 11 is 12.9.